The van der Waals surface area contributed by atoms with Gasteiger partial charge in [0, 0.05) is 18.7 Å². The summed E-state index contributed by atoms with van der Waals surface area (Å²) in [6, 6.07) is 4.47. The minimum atomic E-state index is -0.484. The number of rotatable bonds is 2. The Morgan fingerprint density at radius 1 is 1.18 bits per heavy atom. The molecule has 0 bridgehead atoms. The molecule has 1 aromatic rings. The van der Waals surface area contributed by atoms with E-state index >= 15 is 0 Å². The largest absolute Gasteiger partial charge is 0.328 e. The molecule has 118 valence electrons. The molecule has 2 heterocycles. The molecule has 3 rings (SSSR count). The van der Waals surface area contributed by atoms with E-state index in [4.69, 9.17) is 0 Å². The summed E-state index contributed by atoms with van der Waals surface area (Å²) in [6.45, 7) is 2.24. The van der Waals surface area contributed by atoms with Gasteiger partial charge in [-0.3, -0.25) is 15.0 Å². The fourth-order valence-corrected chi connectivity index (χ4v) is 3.15. The van der Waals surface area contributed by atoms with Crippen LogP contribution >= 0.6 is 0 Å². The number of amides is 3. The number of halogens is 1. The molecule has 0 saturated carbocycles. The Balaban J connectivity index is 1.77. The monoisotopic (exact) mass is 305 g/mol. The molecular formula is C16H20FN3O2. The summed E-state index contributed by atoms with van der Waals surface area (Å²) >= 11 is 0. The molecule has 0 spiro atoms. The lowest BCUT2D eigenvalue weighted by molar-refractivity contribution is -0.120. The van der Waals surface area contributed by atoms with Crippen molar-refractivity contribution in [3.63, 3.8) is 0 Å². The van der Waals surface area contributed by atoms with E-state index in [-0.39, 0.29) is 30.6 Å². The molecule has 1 aromatic carbocycles. The first-order chi connectivity index (χ1) is 10.5. The van der Waals surface area contributed by atoms with Crippen LogP contribution in [-0.2, 0) is 4.79 Å². The summed E-state index contributed by atoms with van der Waals surface area (Å²) in [7, 11) is 2.08. The minimum Gasteiger partial charge on any atom is -0.306 e. The lowest BCUT2D eigenvalue weighted by atomic mass is 9.89. The van der Waals surface area contributed by atoms with Gasteiger partial charge in [-0.25, -0.2) is 9.18 Å². The maximum absolute atomic E-state index is 14.5. The van der Waals surface area contributed by atoms with E-state index in [9.17, 15) is 14.0 Å². The smallest absolute Gasteiger partial charge is 0.306 e. The first-order valence-corrected chi connectivity index (χ1v) is 7.64. The lowest BCUT2D eigenvalue weighted by Gasteiger charge is -2.30. The van der Waals surface area contributed by atoms with Gasteiger partial charge < -0.3 is 4.90 Å². The van der Waals surface area contributed by atoms with E-state index in [1.165, 1.54) is 11.0 Å². The molecule has 1 N–H and O–H groups in total. The van der Waals surface area contributed by atoms with Crippen LogP contribution in [0.1, 0.15) is 30.7 Å². The van der Waals surface area contributed by atoms with Crippen LogP contribution < -0.4 is 10.2 Å². The van der Waals surface area contributed by atoms with Crippen molar-refractivity contribution in [2.75, 3.05) is 31.6 Å². The zero-order valence-electron chi connectivity index (χ0n) is 12.6. The number of carbonyl (C=O) groups is 2. The van der Waals surface area contributed by atoms with Crippen LogP contribution in [0.15, 0.2) is 18.2 Å². The molecule has 0 atom stereocenters. The number of hydrogen-bond donors (Lipinski definition) is 1. The van der Waals surface area contributed by atoms with Crippen molar-refractivity contribution in [3.05, 3.63) is 29.6 Å². The van der Waals surface area contributed by atoms with Crippen molar-refractivity contribution in [3.8, 4) is 0 Å². The third-order valence-electron chi connectivity index (χ3n) is 4.51. The number of piperidine rings is 1. The van der Waals surface area contributed by atoms with Crippen molar-refractivity contribution in [1.82, 2.24) is 10.2 Å². The van der Waals surface area contributed by atoms with Gasteiger partial charge in [0.1, 0.15) is 5.82 Å². The number of hydrogen-bond acceptors (Lipinski definition) is 3. The van der Waals surface area contributed by atoms with Crippen molar-refractivity contribution >= 4 is 17.6 Å². The summed E-state index contributed by atoms with van der Waals surface area (Å²) < 4.78 is 14.5. The molecule has 3 amide bonds. The zero-order chi connectivity index (χ0) is 15.7. The summed E-state index contributed by atoms with van der Waals surface area (Å²) in [4.78, 5) is 26.6. The summed E-state index contributed by atoms with van der Waals surface area (Å²) in [6.07, 6.45) is 2.14. The normalized spacial score (nSPS) is 21.1. The topological polar surface area (TPSA) is 52.6 Å². The molecule has 22 heavy (non-hydrogen) atoms. The second kappa shape index (κ2) is 6.04. The van der Waals surface area contributed by atoms with Crippen molar-refractivity contribution in [2.24, 2.45) is 0 Å². The first-order valence-electron chi connectivity index (χ1n) is 7.64. The first kappa shape index (κ1) is 15.0. The fraction of sp³-hybridized carbons (Fsp3) is 0.500. The van der Waals surface area contributed by atoms with E-state index in [0.717, 1.165) is 31.5 Å². The number of likely N-dealkylation sites (tertiary alicyclic amines) is 1. The number of anilines is 1. The van der Waals surface area contributed by atoms with Crippen LogP contribution in [0.25, 0.3) is 0 Å². The van der Waals surface area contributed by atoms with Crippen molar-refractivity contribution in [2.45, 2.75) is 25.2 Å². The number of nitrogens with one attached hydrogen (secondary N) is 1. The zero-order valence-corrected chi connectivity index (χ0v) is 12.6. The Hall–Kier alpha value is -1.95. The Morgan fingerprint density at radius 3 is 2.55 bits per heavy atom. The van der Waals surface area contributed by atoms with Gasteiger partial charge in [-0.1, -0.05) is 6.07 Å². The van der Waals surface area contributed by atoms with Crippen LogP contribution in [0, 0.1) is 5.82 Å². The summed E-state index contributed by atoms with van der Waals surface area (Å²) in [5, 5.41) is 2.25. The van der Waals surface area contributed by atoms with Gasteiger partial charge in [-0.05, 0) is 56.6 Å². The highest BCUT2D eigenvalue weighted by Gasteiger charge is 2.26. The maximum atomic E-state index is 14.5. The van der Waals surface area contributed by atoms with E-state index in [2.05, 4.69) is 17.3 Å². The van der Waals surface area contributed by atoms with Crippen LogP contribution in [0.5, 0.6) is 0 Å². The Kier molecular flexibility index (Phi) is 4.11. The van der Waals surface area contributed by atoms with Crippen LogP contribution in [0.4, 0.5) is 14.9 Å². The molecule has 0 unspecified atom stereocenters. The average molecular weight is 305 g/mol. The van der Waals surface area contributed by atoms with Gasteiger partial charge in [-0.15, -0.1) is 0 Å². The SMILES string of the molecule is CN1CCC(c2ccc(N3CCC(=O)NC3=O)cc2F)CC1. The molecule has 0 aliphatic carbocycles. The Labute approximate surface area is 129 Å². The van der Waals surface area contributed by atoms with Gasteiger partial charge >= 0.3 is 6.03 Å². The molecule has 5 nitrogen and oxygen atoms in total. The minimum absolute atomic E-state index is 0.238. The second-order valence-electron chi connectivity index (χ2n) is 6.04. The van der Waals surface area contributed by atoms with Gasteiger partial charge in [0.25, 0.3) is 0 Å². The van der Waals surface area contributed by atoms with E-state index in [0.29, 0.717) is 5.69 Å². The average Bonchev–Trinajstić information content (AvgIpc) is 2.48. The molecular weight excluding hydrogens is 285 g/mol. The number of urea groups is 1. The van der Waals surface area contributed by atoms with Crippen molar-refractivity contribution < 1.29 is 14.0 Å². The number of nitrogens with zero attached hydrogens (tertiary/aromatic N) is 2. The van der Waals surface area contributed by atoms with Gasteiger partial charge in [0.2, 0.25) is 5.91 Å². The Morgan fingerprint density at radius 2 is 1.91 bits per heavy atom. The van der Waals surface area contributed by atoms with E-state index in [1.807, 2.05) is 0 Å². The second-order valence-corrected chi connectivity index (χ2v) is 6.04. The predicted octanol–water partition coefficient (Wildman–Crippen LogP) is 2.08. The molecule has 2 saturated heterocycles. The highest BCUT2D eigenvalue weighted by molar-refractivity contribution is 6.05. The third kappa shape index (κ3) is 2.97. The number of benzene rings is 1. The highest BCUT2D eigenvalue weighted by Crippen LogP contribution is 2.31. The predicted molar refractivity (Wildman–Crippen MR) is 81.4 cm³/mol. The van der Waals surface area contributed by atoms with Crippen LogP contribution in [0.3, 0.4) is 0 Å². The van der Waals surface area contributed by atoms with Gasteiger partial charge in [0.05, 0.1) is 0 Å². The highest BCUT2D eigenvalue weighted by atomic mass is 19.1. The molecule has 2 aliphatic heterocycles. The quantitative estimate of drug-likeness (QED) is 0.910. The van der Waals surface area contributed by atoms with E-state index < -0.39 is 6.03 Å². The Bertz CT molecular complexity index is 597. The summed E-state index contributed by atoms with van der Waals surface area (Å²) in [5.41, 5.74) is 1.23. The van der Waals surface area contributed by atoms with Crippen molar-refractivity contribution in [1.29, 1.82) is 0 Å². The lowest BCUT2D eigenvalue weighted by Crippen LogP contribution is -2.49. The molecule has 0 radical (unpaired) electrons. The fourth-order valence-electron chi connectivity index (χ4n) is 3.15. The standard InChI is InChI=1S/C16H20FN3O2/c1-19-7-4-11(5-8-19)13-3-2-12(10-14(13)17)20-9-6-15(21)18-16(20)22/h2-3,10-11H,4-9H2,1H3,(H,18,21,22). The van der Waals surface area contributed by atoms with Gasteiger partial charge in [-0.2, -0.15) is 0 Å². The molecule has 2 aliphatic rings. The van der Waals surface area contributed by atoms with Gasteiger partial charge in [0.15, 0.2) is 0 Å². The molecule has 2 fully saturated rings. The summed E-state index contributed by atoms with van der Waals surface area (Å²) in [5.74, 6) is -0.316. The van der Waals surface area contributed by atoms with E-state index in [1.54, 1.807) is 12.1 Å². The third-order valence-corrected chi connectivity index (χ3v) is 4.51. The number of imide groups is 1. The van der Waals surface area contributed by atoms with Crippen LogP contribution in [-0.4, -0.2) is 43.5 Å². The molecule has 0 aromatic heterocycles. The number of carbonyl (C=O) groups excluding carboxylic acids is 2. The molecule has 6 heteroatoms. The maximum Gasteiger partial charge on any atom is 0.328 e. The van der Waals surface area contributed by atoms with Crippen LogP contribution in [0.2, 0.25) is 0 Å².